The summed E-state index contributed by atoms with van der Waals surface area (Å²) in [7, 11) is 5.86. The van der Waals surface area contributed by atoms with E-state index in [9.17, 15) is 4.79 Å². The van der Waals surface area contributed by atoms with Crippen molar-refractivity contribution in [1.82, 2.24) is 19.7 Å². The molecule has 2 heterocycles. The third-order valence-electron chi connectivity index (χ3n) is 5.07. The van der Waals surface area contributed by atoms with Crippen LogP contribution in [0.3, 0.4) is 0 Å². The number of benzene rings is 2. The van der Waals surface area contributed by atoms with E-state index in [1.807, 2.05) is 80.8 Å². The van der Waals surface area contributed by atoms with Crippen molar-refractivity contribution in [3.63, 3.8) is 0 Å². The van der Waals surface area contributed by atoms with Crippen molar-refractivity contribution in [2.45, 2.75) is 19.3 Å². The van der Waals surface area contributed by atoms with Gasteiger partial charge in [0, 0.05) is 45.9 Å². The van der Waals surface area contributed by atoms with Crippen LogP contribution >= 0.6 is 0 Å². The summed E-state index contributed by atoms with van der Waals surface area (Å²) in [4.78, 5) is 23.0. The molecule has 0 atom stereocenters. The summed E-state index contributed by atoms with van der Waals surface area (Å²) in [5.74, 6) is 1.37. The minimum absolute atomic E-state index is 0.192. The van der Waals surface area contributed by atoms with Crippen molar-refractivity contribution < 1.29 is 9.53 Å². The molecule has 0 N–H and O–H groups in total. The topological polar surface area (TPSA) is 73.1 Å². The number of hydrogen-bond donors (Lipinski definition) is 0. The SMILES string of the molecule is CN(C)c1ccc2c(Oc3ccc(CC(=O)CCc4ccn(C)n4)cc3)ncnc2c1. The van der Waals surface area contributed by atoms with E-state index in [2.05, 4.69) is 15.1 Å². The Labute approximate surface area is 181 Å². The number of aromatic nitrogens is 4. The molecule has 0 bridgehead atoms. The molecule has 0 aliphatic heterocycles. The lowest BCUT2D eigenvalue weighted by molar-refractivity contribution is -0.118. The maximum Gasteiger partial charge on any atom is 0.230 e. The van der Waals surface area contributed by atoms with Gasteiger partial charge in [0.15, 0.2) is 0 Å². The van der Waals surface area contributed by atoms with Crippen LogP contribution in [-0.2, 0) is 24.7 Å². The molecule has 158 valence electrons. The fourth-order valence-corrected chi connectivity index (χ4v) is 3.35. The number of aryl methyl sites for hydroxylation is 2. The number of hydrogen-bond acceptors (Lipinski definition) is 6. The second-order valence-electron chi connectivity index (χ2n) is 7.72. The molecule has 2 aromatic heterocycles. The summed E-state index contributed by atoms with van der Waals surface area (Å²) >= 11 is 0. The Bertz CT molecular complexity index is 1200. The van der Waals surface area contributed by atoms with Gasteiger partial charge in [0.1, 0.15) is 17.9 Å². The lowest BCUT2D eigenvalue weighted by Crippen LogP contribution is -2.08. The van der Waals surface area contributed by atoms with E-state index < -0.39 is 0 Å². The lowest BCUT2D eigenvalue weighted by atomic mass is 10.0. The van der Waals surface area contributed by atoms with Crippen LogP contribution in [0.1, 0.15) is 17.7 Å². The van der Waals surface area contributed by atoms with Crippen molar-refractivity contribution >= 4 is 22.4 Å². The summed E-state index contributed by atoms with van der Waals surface area (Å²) in [6.07, 6.45) is 4.94. The van der Waals surface area contributed by atoms with Crippen LogP contribution in [-0.4, -0.2) is 39.6 Å². The molecule has 0 fully saturated rings. The first kappa shape index (κ1) is 20.5. The van der Waals surface area contributed by atoms with Gasteiger partial charge in [-0.25, -0.2) is 9.97 Å². The number of carbonyl (C=O) groups excluding carboxylic acids is 1. The molecule has 0 aliphatic rings. The van der Waals surface area contributed by atoms with Crippen molar-refractivity contribution in [2.24, 2.45) is 7.05 Å². The molecule has 0 spiro atoms. The Kier molecular flexibility index (Phi) is 5.93. The van der Waals surface area contributed by atoms with Gasteiger partial charge in [-0.05, 0) is 48.4 Å². The van der Waals surface area contributed by atoms with Crippen molar-refractivity contribution in [1.29, 1.82) is 0 Å². The van der Waals surface area contributed by atoms with E-state index in [0.717, 1.165) is 27.8 Å². The van der Waals surface area contributed by atoms with Gasteiger partial charge in [-0.15, -0.1) is 0 Å². The molecule has 7 heteroatoms. The van der Waals surface area contributed by atoms with Crippen molar-refractivity contribution in [3.8, 4) is 11.6 Å². The van der Waals surface area contributed by atoms with Crippen molar-refractivity contribution in [3.05, 3.63) is 72.3 Å². The van der Waals surface area contributed by atoms with E-state index in [-0.39, 0.29) is 5.78 Å². The molecule has 4 aromatic rings. The van der Waals surface area contributed by atoms with E-state index in [1.165, 1.54) is 6.33 Å². The Morgan fingerprint density at radius 3 is 2.58 bits per heavy atom. The fraction of sp³-hybridized carbons (Fsp3) is 0.250. The number of nitrogens with zero attached hydrogens (tertiary/aromatic N) is 5. The van der Waals surface area contributed by atoms with Crippen LogP contribution in [0.5, 0.6) is 11.6 Å². The number of anilines is 1. The number of ketones is 1. The fourth-order valence-electron chi connectivity index (χ4n) is 3.35. The average Bonchev–Trinajstić information content (AvgIpc) is 3.18. The summed E-state index contributed by atoms with van der Waals surface area (Å²) in [5.41, 5.74) is 3.79. The van der Waals surface area contributed by atoms with Crippen LogP contribution in [0.2, 0.25) is 0 Å². The number of carbonyl (C=O) groups is 1. The van der Waals surface area contributed by atoms with Crippen molar-refractivity contribution in [2.75, 3.05) is 19.0 Å². The average molecular weight is 415 g/mol. The molecule has 7 nitrogen and oxygen atoms in total. The largest absolute Gasteiger partial charge is 0.438 e. The highest BCUT2D eigenvalue weighted by molar-refractivity contribution is 5.86. The van der Waals surface area contributed by atoms with Gasteiger partial charge >= 0.3 is 0 Å². The molecule has 0 saturated carbocycles. The standard InChI is InChI=1S/C24H25N5O2/c1-28(2)19-7-11-22-23(15-19)25-16-26-24(22)31-21-9-4-17(5-10-21)14-20(30)8-6-18-12-13-29(3)27-18/h4-5,7,9-13,15-16H,6,8,14H2,1-3H3. The molecule has 0 unspecified atom stereocenters. The molecular weight excluding hydrogens is 390 g/mol. The second-order valence-corrected chi connectivity index (χ2v) is 7.72. The van der Waals surface area contributed by atoms with Crippen LogP contribution in [0.4, 0.5) is 5.69 Å². The number of fused-ring (bicyclic) bond motifs is 1. The third-order valence-corrected chi connectivity index (χ3v) is 5.07. The molecular formula is C24H25N5O2. The van der Waals surface area contributed by atoms with Gasteiger partial charge in [-0.2, -0.15) is 5.10 Å². The summed E-state index contributed by atoms with van der Waals surface area (Å²) < 4.78 is 7.75. The quantitative estimate of drug-likeness (QED) is 0.434. The number of ether oxygens (including phenoxy) is 1. The highest BCUT2D eigenvalue weighted by atomic mass is 16.5. The predicted molar refractivity (Wildman–Crippen MR) is 121 cm³/mol. The molecule has 0 aliphatic carbocycles. The molecule has 0 saturated heterocycles. The summed E-state index contributed by atoms with van der Waals surface area (Å²) in [5, 5.41) is 5.16. The Morgan fingerprint density at radius 1 is 1.06 bits per heavy atom. The second kappa shape index (κ2) is 8.95. The van der Waals surface area contributed by atoms with Gasteiger partial charge in [0.25, 0.3) is 0 Å². The van der Waals surface area contributed by atoms with Crippen LogP contribution < -0.4 is 9.64 Å². The molecule has 2 aromatic carbocycles. The van der Waals surface area contributed by atoms with E-state index in [1.54, 1.807) is 4.68 Å². The zero-order chi connectivity index (χ0) is 21.8. The molecule has 4 rings (SSSR count). The Hall–Kier alpha value is -3.74. The highest BCUT2D eigenvalue weighted by Gasteiger charge is 2.09. The Balaban J connectivity index is 1.40. The molecule has 0 radical (unpaired) electrons. The first-order valence-corrected chi connectivity index (χ1v) is 10.2. The van der Waals surface area contributed by atoms with Gasteiger partial charge < -0.3 is 9.64 Å². The Morgan fingerprint density at radius 2 is 1.87 bits per heavy atom. The highest BCUT2D eigenvalue weighted by Crippen LogP contribution is 2.29. The van der Waals surface area contributed by atoms with Crippen LogP contribution in [0, 0.1) is 0 Å². The van der Waals surface area contributed by atoms with Gasteiger partial charge in [0.05, 0.1) is 16.6 Å². The zero-order valence-corrected chi connectivity index (χ0v) is 17.9. The predicted octanol–water partition coefficient (Wildman–Crippen LogP) is 3.97. The number of Topliss-reactive ketones (excluding diaryl/α,β-unsaturated/α-hetero) is 1. The minimum Gasteiger partial charge on any atom is -0.438 e. The van der Waals surface area contributed by atoms with Gasteiger partial charge in [-0.1, -0.05) is 12.1 Å². The first-order chi connectivity index (χ1) is 15.0. The van der Waals surface area contributed by atoms with E-state index >= 15 is 0 Å². The lowest BCUT2D eigenvalue weighted by Gasteiger charge is -2.13. The zero-order valence-electron chi connectivity index (χ0n) is 17.9. The van der Waals surface area contributed by atoms with E-state index in [4.69, 9.17) is 4.74 Å². The van der Waals surface area contributed by atoms with E-state index in [0.29, 0.717) is 30.9 Å². The molecule has 31 heavy (non-hydrogen) atoms. The molecule has 0 amide bonds. The summed E-state index contributed by atoms with van der Waals surface area (Å²) in [6, 6.07) is 15.5. The maximum absolute atomic E-state index is 12.3. The third kappa shape index (κ3) is 5.06. The smallest absolute Gasteiger partial charge is 0.230 e. The monoisotopic (exact) mass is 415 g/mol. The normalized spacial score (nSPS) is 10.9. The first-order valence-electron chi connectivity index (χ1n) is 10.2. The maximum atomic E-state index is 12.3. The summed E-state index contributed by atoms with van der Waals surface area (Å²) in [6.45, 7) is 0. The number of rotatable bonds is 8. The minimum atomic E-state index is 0.192. The van der Waals surface area contributed by atoms with Gasteiger partial charge in [0.2, 0.25) is 5.88 Å². The van der Waals surface area contributed by atoms with Gasteiger partial charge in [-0.3, -0.25) is 9.48 Å². The van der Waals surface area contributed by atoms with Crippen LogP contribution in [0.25, 0.3) is 10.9 Å². The van der Waals surface area contributed by atoms with Crippen LogP contribution in [0.15, 0.2) is 61.1 Å².